The van der Waals surface area contributed by atoms with Gasteiger partial charge in [-0.1, -0.05) is 5.11 Å². The van der Waals surface area contributed by atoms with Gasteiger partial charge in [-0.15, -0.1) is 0 Å². The second kappa shape index (κ2) is 6.65. The van der Waals surface area contributed by atoms with E-state index in [4.69, 9.17) is 15.0 Å². The minimum atomic E-state index is -0.0511. The molecule has 1 rings (SSSR count). The van der Waals surface area contributed by atoms with Crippen LogP contribution in [0.2, 0.25) is 0 Å². The maximum atomic E-state index is 8.09. The third kappa shape index (κ3) is 4.46. The Bertz CT molecular complexity index is 198. The van der Waals surface area contributed by atoms with Crippen LogP contribution in [0.3, 0.4) is 0 Å². The first-order valence-electron chi connectivity index (χ1n) is 5.11. The molecule has 1 aliphatic rings. The first-order chi connectivity index (χ1) is 6.83. The number of azide groups is 1. The van der Waals surface area contributed by atoms with Gasteiger partial charge in [0, 0.05) is 18.1 Å². The summed E-state index contributed by atoms with van der Waals surface area (Å²) in [5, 5.41) is 3.46. The molecule has 1 aliphatic heterocycles. The highest BCUT2D eigenvalue weighted by Gasteiger charge is 2.16. The van der Waals surface area contributed by atoms with Gasteiger partial charge in [0.2, 0.25) is 0 Å². The maximum absolute atomic E-state index is 8.09. The van der Waals surface area contributed by atoms with Crippen LogP contribution in [0.25, 0.3) is 10.4 Å². The summed E-state index contributed by atoms with van der Waals surface area (Å²) < 4.78 is 11.1. The molecule has 0 N–H and O–H groups in total. The van der Waals surface area contributed by atoms with Gasteiger partial charge >= 0.3 is 0 Å². The van der Waals surface area contributed by atoms with Crippen LogP contribution in [0.5, 0.6) is 0 Å². The van der Waals surface area contributed by atoms with E-state index in [1.807, 2.05) is 6.92 Å². The minimum absolute atomic E-state index is 0.0511. The van der Waals surface area contributed by atoms with Crippen LogP contribution in [-0.4, -0.2) is 25.5 Å². The van der Waals surface area contributed by atoms with Gasteiger partial charge in [-0.25, -0.2) is 0 Å². The van der Waals surface area contributed by atoms with Crippen molar-refractivity contribution in [2.24, 2.45) is 5.11 Å². The zero-order valence-corrected chi connectivity index (χ0v) is 8.56. The van der Waals surface area contributed by atoms with Crippen LogP contribution in [0, 0.1) is 0 Å². The van der Waals surface area contributed by atoms with Gasteiger partial charge in [0.05, 0.1) is 6.10 Å². The molecule has 80 valence electrons. The Hall–Kier alpha value is -0.770. The molecule has 0 aromatic rings. The number of hydrogen-bond acceptors (Lipinski definition) is 3. The van der Waals surface area contributed by atoms with Gasteiger partial charge in [-0.3, -0.25) is 0 Å². The molecule has 0 amide bonds. The van der Waals surface area contributed by atoms with Crippen LogP contribution < -0.4 is 0 Å². The van der Waals surface area contributed by atoms with Crippen LogP contribution >= 0.6 is 0 Å². The van der Waals surface area contributed by atoms with Crippen molar-refractivity contribution >= 4 is 0 Å². The Balaban J connectivity index is 2.11. The molecule has 0 radical (unpaired) electrons. The Morgan fingerprint density at radius 2 is 2.50 bits per heavy atom. The molecule has 0 spiro atoms. The van der Waals surface area contributed by atoms with E-state index in [-0.39, 0.29) is 12.4 Å². The van der Waals surface area contributed by atoms with Crippen LogP contribution in [0.4, 0.5) is 0 Å². The summed E-state index contributed by atoms with van der Waals surface area (Å²) in [6.45, 7) is 3.27. The lowest BCUT2D eigenvalue weighted by atomic mass is 10.2. The van der Waals surface area contributed by atoms with Crippen molar-refractivity contribution in [3.63, 3.8) is 0 Å². The summed E-state index contributed by atoms with van der Waals surface area (Å²) in [7, 11) is 0. The fourth-order valence-corrected chi connectivity index (χ4v) is 1.43. The standard InChI is InChI=1S/C9H17N3O2/c1-8(5-6-11-12-10)14-9-4-2-3-7-13-9/h8-9H,2-7H2,1H3. The fourth-order valence-electron chi connectivity index (χ4n) is 1.43. The molecule has 1 fully saturated rings. The van der Waals surface area contributed by atoms with E-state index in [9.17, 15) is 0 Å². The van der Waals surface area contributed by atoms with Gasteiger partial charge in [0.1, 0.15) is 0 Å². The SMILES string of the molecule is CC(CCN=[N+]=[N-])OC1CCCCO1. The Morgan fingerprint density at radius 1 is 1.64 bits per heavy atom. The molecule has 1 saturated heterocycles. The van der Waals surface area contributed by atoms with E-state index >= 15 is 0 Å². The highest BCUT2D eigenvalue weighted by Crippen LogP contribution is 2.16. The molecular formula is C9H17N3O2. The van der Waals surface area contributed by atoms with Crippen molar-refractivity contribution in [3.05, 3.63) is 10.4 Å². The average molecular weight is 199 g/mol. The predicted molar refractivity (Wildman–Crippen MR) is 52.8 cm³/mol. The lowest BCUT2D eigenvalue weighted by molar-refractivity contribution is -0.184. The molecule has 0 saturated carbocycles. The van der Waals surface area contributed by atoms with Crippen molar-refractivity contribution in [1.29, 1.82) is 0 Å². The van der Waals surface area contributed by atoms with Crippen LogP contribution in [0.1, 0.15) is 32.6 Å². The van der Waals surface area contributed by atoms with Crippen molar-refractivity contribution in [2.45, 2.75) is 45.0 Å². The molecule has 0 aromatic heterocycles. The van der Waals surface area contributed by atoms with Crippen molar-refractivity contribution in [3.8, 4) is 0 Å². The van der Waals surface area contributed by atoms with Crippen molar-refractivity contribution in [2.75, 3.05) is 13.2 Å². The van der Waals surface area contributed by atoms with Crippen LogP contribution in [-0.2, 0) is 9.47 Å². The third-order valence-electron chi connectivity index (χ3n) is 2.22. The molecule has 1 heterocycles. The van der Waals surface area contributed by atoms with Gasteiger partial charge in [0.15, 0.2) is 6.29 Å². The highest BCUT2D eigenvalue weighted by atomic mass is 16.7. The highest BCUT2D eigenvalue weighted by molar-refractivity contribution is 4.59. The smallest absolute Gasteiger partial charge is 0.157 e. The molecule has 0 aliphatic carbocycles. The lowest BCUT2D eigenvalue weighted by Crippen LogP contribution is -2.26. The van der Waals surface area contributed by atoms with E-state index in [2.05, 4.69) is 10.0 Å². The second-order valence-electron chi connectivity index (χ2n) is 3.49. The second-order valence-corrected chi connectivity index (χ2v) is 3.49. The molecule has 0 bridgehead atoms. The summed E-state index contributed by atoms with van der Waals surface area (Å²) in [6.07, 6.45) is 4.09. The Morgan fingerprint density at radius 3 is 3.14 bits per heavy atom. The zero-order valence-electron chi connectivity index (χ0n) is 8.56. The number of nitrogens with zero attached hydrogens (tertiary/aromatic N) is 3. The van der Waals surface area contributed by atoms with E-state index in [1.54, 1.807) is 0 Å². The summed E-state index contributed by atoms with van der Waals surface area (Å²) >= 11 is 0. The zero-order chi connectivity index (χ0) is 10.2. The summed E-state index contributed by atoms with van der Waals surface area (Å²) in [5.74, 6) is 0. The third-order valence-corrected chi connectivity index (χ3v) is 2.22. The van der Waals surface area contributed by atoms with Gasteiger partial charge in [-0.05, 0) is 38.1 Å². The van der Waals surface area contributed by atoms with E-state index in [0.29, 0.717) is 6.54 Å². The predicted octanol–water partition coefficient (Wildman–Crippen LogP) is 2.62. The molecule has 2 unspecified atom stereocenters. The van der Waals surface area contributed by atoms with Crippen molar-refractivity contribution in [1.82, 2.24) is 0 Å². The minimum Gasteiger partial charge on any atom is -0.353 e. The first kappa shape index (κ1) is 11.3. The molecular weight excluding hydrogens is 182 g/mol. The van der Waals surface area contributed by atoms with E-state index < -0.39 is 0 Å². The van der Waals surface area contributed by atoms with Crippen molar-refractivity contribution < 1.29 is 9.47 Å². The Kier molecular flexibility index (Phi) is 5.37. The molecule has 5 nitrogen and oxygen atoms in total. The number of hydrogen-bond donors (Lipinski definition) is 0. The summed E-state index contributed by atoms with van der Waals surface area (Å²) in [4.78, 5) is 2.69. The lowest BCUT2D eigenvalue weighted by Gasteiger charge is -2.25. The summed E-state index contributed by atoms with van der Waals surface area (Å²) in [6, 6.07) is 0. The molecule has 14 heavy (non-hydrogen) atoms. The van der Waals surface area contributed by atoms with Gasteiger partial charge < -0.3 is 9.47 Å². The average Bonchev–Trinajstić information content (AvgIpc) is 2.20. The van der Waals surface area contributed by atoms with Crippen LogP contribution in [0.15, 0.2) is 5.11 Å². The Labute approximate surface area is 84.0 Å². The van der Waals surface area contributed by atoms with E-state index in [0.717, 1.165) is 25.9 Å². The fraction of sp³-hybridized carbons (Fsp3) is 1.00. The maximum Gasteiger partial charge on any atom is 0.157 e. The molecule has 2 atom stereocenters. The first-order valence-corrected chi connectivity index (χ1v) is 5.11. The largest absolute Gasteiger partial charge is 0.353 e. The quantitative estimate of drug-likeness (QED) is 0.388. The molecule has 5 heteroatoms. The van der Waals surface area contributed by atoms with Gasteiger partial charge in [0.25, 0.3) is 0 Å². The number of ether oxygens (including phenoxy) is 2. The normalized spacial score (nSPS) is 23.9. The topological polar surface area (TPSA) is 67.2 Å². The van der Waals surface area contributed by atoms with E-state index in [1.165, 1.54) is 6.42 Å². The number of rotatable bonds is 5. The van der Waals surface area contributed by atoms with Gasteiger partial charge in [-0.2, -0.15) is 0 Å². The monoisotopic (exact) mass is 199 g/mol. The molecule has 0 aromatic carbocycles. The summed E-state index contributed by atoms with van der Waals surface area (Å²) in [5.41, 5.74) is 8.09.